The van der Waals surface area contributed by atoms with Gasteiger partial charge in [0.2, 0.25) is 0 Å². The first-order valence-electron chi connectivity index (χ1n) is 2.74. The maximum Gasteiger partial charge on any atom is 0.335 e. The van der Waals surface area contributed by atoms with Gasteiger partial charge in [0.15, 0.2) is 0 Å². The van der Waals surface area contributed by atoms with E-state index in [4.69, 9.17) is 5.11 Å². The zero-order chi connectivity index (χ0) is 8.85. The molecule has 1 N–H and O–H groups in total. The minimum Gasteiger partial charge on any atom is -0.478 e. The molecule has 0 saturated heterocycles. The fourth-order valence-corrected chi connectivity index (χ4v) is 0.647. The number of hydrogen-bond acceptors (Lipinski definition) is 3. The summed E-state index contributed by atoms with van der Waals surface area (Å²) in [5, 5.41) is 8.40. The van der Waals surface area contributed by atoms with Crippen molar-refractivity contribution in [2.45, 2.75) is 6.92 Å². The predicted molar refractivity (Wildman–Crippen MR) is 41.3 cm³/mol. The first-order chi connectivity index (χ1) is 5.07. The maximum absolute atomic E-state index is 10.3. The van der Waals surface area contributed by atoms with Crippen molar-refractivity contribution in [2.24, 2.45) is 0 Å². The molecule has 0 aliphatic carbocycles. The van der Waals surface area contributed by atoms with Gasteiger partial charge < -0.3 is 9.84 Å². The third-order valence-corrected chi connectivity index (χ3v) is 1.39. The number of ether oxygens (including phenoxy) is 1. The molecule has 0 bridgehead atoms. The highest BCUT2D eigenvalue weighted by atomic mass is 79.9. The lowest BCUT2D eigenvalue weighted by Crippen LogP contribution is -2.09. The lowest BCUT2D eigenvalue weighted by atomic mass is 10.3. The Morgan fingerprint density at radius 3 is 2.45 bits per heavy atom. The number of carboxylic acids is 1. The molecule has 62 valence electrons. The van der Waals surface area contributed by atoms with Crippen LogP contribution in [0.5, 0.6) is 0 Å². The van der Waals surface area contributed by atoms with Gasteiger partial charge in [-0.05, 0) is 4.99 Å². The average molecular weight is 223 g/mol. The zero-order valence-corrected chi connectivity index (χ0v) is 7.42. The summed E-state index contributed by atoms with van der Waals surface area (Å²) in [6.07, 6.45) is 0. The number of halogens is 1. The second-order valence-electron chi connectivity index (χ2n) is 1.72. The Morgan fingerprint density at radius 2 is 2.18 bits per heavy atom. The average Bonchev–Trinajstić information content (AvgIpc) is 1.87. The van der Waals surface area contributed by atoms with E-state index in [1.807, 2.05) is 0 Å². The van der Waals surface area contributed by atoms with Crippen LogP contribution in [0.15, 0.2) is 10.6 Å². The molecule has 0 aliphatic rings. The summed E-state index contributed by atoms with van der Waals surface area (Å²) >= 11 is 2.83. The molecule has 0 atom stereocenters. The van der Waals surface area contributed by atoms with E-state index < -0.39 is 11.9 Å². The van der Waals surface area contributed by atoms with E-state index in [0.29, 0.717) is 0 Å². The number of carbonyl (C=O) groups is 2. The molecule has 0 aromatic carbocycles. The Labute approximate surface area is 72.0 Å². The van der Waals surface area contributed by atoms with Gasteiger partial charge in [-0.25, -0.2) is 4.79 Å². The molecule has 0 aromatic heterocycles. The Kier molecular flexibility index (Phi) is 4.52. The predicted octanol–water partition coefficient (Wildman–Crippen LogP) is 0.913. The summed E-state index contributed by atoms with van der Waals surface area (Å²) in [6, 6.07) is 0. The van der Waals surface area contributed by atoms with Crippen LogP contribution in [0.25, 0.3) is 0 Å². The molecule has 0 rings (SSSR count). The summed E-state index contributed by atoms with van der Waals surface area (Å²) in [4.78, 5) is 21.7. The van der Waals surface area contributed by atoms with E-state index >= 15 is 0 Å². The molecule has 0 amide bonds. The van der Waals surface area contributed by atoms with E-state index in [1.54, 1.807) is 0 Å². The quantitative estimate of drug-likeness (QED) is 0.570. The van der Waals surface area contributed by atoms with E-state index in [1.165, 1.54) is 11.9 Å². The Hall–Kier alpha value is -0.840. The molecule has 0 saturated carbocycles. The van der Waals surface area contributed by atoms with Crippen molar-refractivity contribution in [1.29, 1.82) is 0 Å². The Bertz CT molecular complexity index is 197. The second kappa shape index (κ2) is 4.90. The molecule has 0 radical (unpaired) electrons. The van der Waals surface area contributed by atoms with Crippen molar-refractivity contribution < 1.29 is 19.4 Å². The van der Waals surface area contributed by atoms with Gasteiger partial charge in [0.05, 0.1) is 5.57 Å². The van der Waals surface area contributed by atoms with Crippen molar-refractivity contribution in [3.05, 3.63) is 10.6 Å². The first-order valence-corrected chi connectivity index (χ1v) is 3.65. The van der Waals surface area contributed by atoms with Gasteiger partial charge in [0.1, 0.15) is 6.61 Å². The molecular formula is C6H7BrO4. The van der Waals surface area contributed by atoms with Gasteiger partial charge in [-0.3, -0.25) is 4.79 Å². The Balaban J connectivity index is 3.92. The lowest BCUT2D eigenvalue weighted by molar-refractivity contribution is -0.141. The van der Waals surface area contributed by atoms with Crippen molar-refractivity contribution in [3.8, 4) is 0 Å². The summed E-state index contributed by atoms with van der Waals surface area (Å²) < 4.78 is 4.44. The number of esters is 1. The van der Waals surface area contributed by atoms with Gasteiger partial charge in [-0.1, -0.05) is 15.9 Å². The van der Waals surface area contributed by atoms with Gasteiger partial charge in [0.25, 0.3) is 0 Å². The third-order valence-electron chi connectivity index (χ3n) is 0.837. The van der Waals surface area contributed by atoms with E-state index in [-0.39, 0.29) is 12.2 Å². The number of rotatable bonds is 3. The molecule has 0 heterocycles. The summed E-state index contributed by atoms with van der Waals surface area (Å²) in [5.74, 6) is -1.61. The van der Waals surface area contributed by atoms with Crippen LogP contribution in [-0.2, 0) is 14.3 Å². The molecule has 5 heteroatoms. The maximum atomic E-state index is 10.3. The van der Waals surface area contributed by atoms with Crippen LogP contribution in [0, 0.1) is 0 Å². The minimum absolute atomic E-state index is 0.000185. The largest absolute Gasteiger partial charge is 0.478 e. The second-order valence-corrected chi connectivity index (χ2v) is 2.18. The van der Waals surface area contributed by atoms with E-state index in [9.17, 15) is 9.59 Å². The van der Waals surface area contributed by atoms with Crippen molar-refractivity contribution in [3.63, 3.8) is 0 Å². The van der Waals surface area contributed by atoms with E-state index in [0.717, 1.165) is 0 Å². The van der Waals surface area contributed by atoms with Crippen molar-refractivity contribution in [2.75, 3.05) is 6.61 Å². The first kappa shape index (κ1) is 10.2. The Morgan fingerprint density at radius 1 is 1.64 bits per heavy atom. The molecule has 0 aliphatic heterocycles. The van der Waals surface area contributed by atoms with Crippen LogP contribution in [-0.4, -0.2) is 23.7 Å². The topological polar surface area (TPSA) is 63.6 Å². The van der Waals surface area contributed by atoms with Crippen LogP contribution < -0.4 is 0 Å². The zero-order valence-electron chi connectivity index (χ0n) is 5.83. The van der Waals surface area contributed by atoms with Crippen LogP contribution in [0.1, 0.15) is 6.92 Å². The summed E-state index contributed by atoms with van der Waals surface area (Å²) in [7, 11) is 0. The molecule has 0 spiro atoms. The van der Waals surface area contributed by atoms with Gasteiger partial charge >= 0.3 is 11.9 Å². The lowest BCUT2D eigenvalue weighted by Gasteiger charge is -2.00. The van der Waals surface area contributed by atoms with Gasteiger partial charge in [-0.2, -0.15) is 0 Å². The van der Waals surface area contributed by atoms with Crippen LogP contribution in [0.2, 0.25) is 0 Å². The van der Waals surface area contributed by atoms with Crippen molar-refractivity contribution >= 4 is 27.9 Å². The van der Waals surface area contributed by atoms with Crippen LogP contribution >= 0.6 is 15.9 Å². The molecule has 0 aromatic rings. The number of aliphatic carboxylic acids is 1. The number of hydrogen-bond donors (Lipinski definition) is 1. The highest BCUT2D eigenvalue weighted by molar-refractivity contribution is 9.11. The SMILES string of the molecule is CC(=O)OC/C(=C\Br)C(=O)O. The fraction of sp³-hybridized carbons (Fsp3) is 0.333. The minimum atomic E-state index is -1.11. The summed E-state index contributed by atoms with van der Waals surface area (Å²) in [6.45, 7) is 1.00. The molecule has 11 heavy (non-hydrogen) atoms. The number of carbonyl (C=O) groups excluding carboxylic acids is 1. The molecular weight excluding hydrogens is 216 g/mol. The number of carboxylic acid groups (broad SMARTS) is 1. The molecule has 0 unspecified atom stereocenters. The standard InChI is InChI=1S/C6H7BrO4/c1-4(8)11-3-5(2-7)6(9)10/h2H,3H2,1H3,(H,9,10)/b5-2+. The molecule has 0 fully saturated rings. The molecule has 4 nitrogen and oxygen atoms in total. The van der Waals surface area contributed by atoms with Crippen molar-refractivity contribution in [1.82, 2.24) is 0 Å². The normalized spacial score (nSPS) is 10.9. The fourth-order valence-electron chi connectivity index (χ4n) is 0.319. The van der Waals surface area contributed by atoms with Gasteiger partial charge in [-0.15, -0.1) is 0 Å². The highest BCUT2D eigenvalue weighted by Crippen LogP contribution is 1.99. The van der Waals surface area contributed by atoms with Gasteiger partial charge in [0, 0.05) is 6.92 Å². The highest BCUT2D eigenvalue weighted by Gasteiger charge is 2.07. The van der Waals surface area contributed by atoms with E-state index in [2.05, 4.69) is 20.7 Å². The van der Waals surface area contributed by atoms with Crippen LogP contribution in [0.4, 0.5) is 0 Å². The monoisotopic (exact) mass is 222 g/mol. The van der Waals surface area contributed by atoms with Crippen LogP contribution in [0.3, 0.4) is 0 Å². The third kappa shape index (κ3) is 4.55. The smallest absolute Gasteiger partial charge is 0.335 e. The summed E-state index contributed by atoms with van der Waals surface area (Å²) in [5.41, 5.74) is 0.000185.